The molecule has 0 saturated carbocycles. The van der Waals surface area contributed by atoms with Crippen LogP contribution in [0.1, 0.15) is 22.7 Å². The number of carbonyl (C=O) groups excluding carboxylic acids is 1. The summed E-state index contributed by atoms with van der Waals surface area (Å²) in [7, 11) is 3.37. The van der Waals surface area contributed by atoms with Gasteiger partial charge in [-0.2, -0.15) is 0 Å². The van der Waals surface area contributed by atoms with Gasteiger partial charge in [0, 0.05) is 19.2 Å². The van der Waals surface area contributed by atoms with Gasteiger partial charge in [-0.25, -0.2) is 4.79 Å². The van der Waals surface area contributed by atoms with E-state index in [1.54, 1.807) is 6.07 Å². The van der Waals surface area contributed by atoms with Gasteiger partial charge < -0.3 is 14.2 Å². The summed E-state index contributed by atoms with van der Waals surface area (Å²) in [5.41, 5.74) is 1.81. The molecule has 16 heavy (non-hydrogen) atoms. The number of rotatable bonds is 2. The highest BCUT2D eigenvalue weighted by Gasteiger charge is 2.17. The van der Waals surface area contributed by atoms with Gasteiger partial charge in [-0.15, -0.1) is 0 Å². The van der Waals surface area contributed by atoms with Gasteiger partial charge in [-0.3, -0.25) is 0 Å². The second-order valence-electron chi connectivity index (χ2n) is 3.82. The summed E-state index contributed by atoms with van der Waals surface area (Å²) in [5, 5.41) is 3.87. The normalized spacial score (nSPS) is 17.0. The van der Waals surface area contributed by atoms with Gasteiger partial charge in [0.1, 0.15) is 5.69 Å². The molecule has 0 atom stereocenters. The molecule has 0 saturated heterocycles. The first kappa shape index (κ1) is 10.9. The zero-order chi connectivity index (χ0) is 11.5. The predicted octanol–water partition coefficient (Wildman–Crippen LogP) is 1.18. The smallest absolute Gasteiger partial charge is 0.376 e. The van der Waals surface area contributed by atoms with Crippen LogP contribution in [-0.4, -0.2) is 43.3 Å². The van der Waals surface area contributed by atoms with E-state index in [2.05, 4.69) is 20.9 Å². The number of methoxy groups -OCH3 is 1. The fourth-order valence-corrected chi connectivity index (χ4v) is 1.70. The van der Waals surface area contributed by atoms with Crippen molar-refractivity contribution in [3.63, 3.8) is 0 Å². The molecule has 2 heterocycles. The number of aromatic nitrogens is 1. The van der Waals surface area contributed by atoms with Gasteiger partial charge in [-0.05, 0) is 19.0 Å². The number of hydrogen-bond donors (Lipinski definition) is 0. The van der Waals surface area contributed by atoms with Crippen molar-refractivity contribution in [1.29, 1.82) is 0 Å². The van der Waals surface area contributed by atoms with Crippen LogP contribution in [0.4, 0.5) is 0 Å². The van der Waals surface area contributed by atoms with Crippen molar-refractivity contribution in [1.82, 2.24) is 10.1 Å². The molecule has 5 nitrogen and oxygen atoms in total. The molecule has 0 fully saturated rings. The van der Waals surface area contributed by atoms with E-state index in [1.807, 2.05) is 7.05 Å². The summed E-state index contributed by atoms with van der Waals surface area (Å²) in [6, 6.07) is 1.62. The minimum atomic E-state index is -0.497. The van der Waals surface area contributed by atoms with Crippen LogP contribution in [0.5, 0.6) is 0 Å². The Labute approximate surface area is 93.7 Å². The van der Waals surface area contributed by atoms with Crippen LogP contribution in [0, 0.1) is 0 Å². The molecule has 0 amide bonds. The predicted molar refractivity (Wildman–Crippen MR) is 57.9 cm³/mol. The summed E-state index contributed by atoms with van der Waals surface area (Å²) in [6.07, 6.45) is 3.12. The maximum absolute atomic E-state index is 11.2. The van der Waals surface area contributed by atoms with Crippen molar-refractivity contribution in [2.75, 3.05) is 27.2 Å². The number of hydrogen-bond acceptors (Lipinski definition) is 5. The second-order valence-corrected chi connectivity index (χ2v) is 3.82. The van der Waals surface area contributed by atoms with Crippen molar-refractivity contribution in [3.05, 3.63) is 23.6 Å². The highest BCUT2D eigenvalue weighted by Crippen LogP contribution is 2.19. The molecule has 0 unspecified atom stereocenters. The fourth-order valence-electron chi connectivity index (χ4n) is 1.70. The molecule has 0 aliphatic carbocycles. The van der Waals surface area contributed by atoms with E-state index in [0.717, 1.165) is 25.1 Å². The third-order valence-corrected chi connectivity index (χ3v) is 2.57. The van der Waals surface area contributed by atoms with Crippen LogP contribution >= 0.6 is 0 Å². The Morgan fingerprint density at radius 2 is 2.44 bits per heavy atom. The quantitative estimate of drug-likeness (QED) is 0.703. The van der Waals surface area contributed by atoms with Crippen LogP contribution in [-0.2, 0) is 4.74 Å². The zero-order valence-corrected chi connectivity index (χ0v) is 9.40. The third-order valence-electron chi connectivity index (χ3n) is 2.57. The van der Waals surface area contributed by atoms with Crippen molar-refractivity contribution in [2.45, 2.75) is 6.42 Å². The Hall–Kier alpha value is -1.62. The maximum atomic E-state index is 11.2. The van der Waals surface area contributed by atoms with Gasteiger partial charge in [0.15, 0.2) is 0 Å². The minimum absolute atomic E-state index is 0.145. The molecule has 1 aromatic heterocycles. The van der Waals surface area contributed by atoms with Crippen molar-refractivity contribution in [2.24, 2.45) is 0 Å². The molecule has 2 rings (SSSR count). The summed E-state index contributed by atoms with van der Waals surface area (Å²) in [6.45, 7) is 1.87. The highest BCUT2D eigenvalue weighted by atomic mass is 16.5. The summed E-state index contributed by atoms with van der Waals surface area (Å²) in [5.74, 6) is -0.352. The van der Waals surface area contributed by atoms with Crippen molar-refractivity contribution < 1.29 is 14.1 Å². The van der Waals surface area contributed by atoms with E-state index in [1.165, 1.54) is 7.11 Å². The third kappa shape index (κ3) is 2.14. The molecular formula is C11H14N2O3. The number of nitrogens with zero attached hydrogens (tertiary/aromatic N) is 2. The van der Waals surface area contributed by atoms with Gasteiger partial charge in [0.25, 0.3) is 0 Å². The Balaban J connectivity index is 2.18. The molecule has 1 aromatic rings. The lowest BCUT2D eigenvalue weighted by atomic mass is 10.1. The molecule has 0 N–H and O–H groups in total. The number of ether oxygens (including phenoxy) is 1. The van der Waals surface area contributed by atoms with Crippen LogP contribution < -0.4 is 0 Å². The lowest BCUT2D eigenvalue weighted by Gasteiger charge is -2.21. The molecule has 1 aliphatic rings. The van der Waals surface area contributed by atoms with Crippen LogP contribution in [0.15, 0.2) is 16.7 Å². The van der Waals surface area contributed by atoms with E-state index >= 15 is 0 Å². The Morgan fingerprint density at radius 3 is 3.12 bits per heavy atom. The van der Waals surface area contributed by atoms with E-state index in [4.69, 9.17) is 4.52 Å². The molecular weight excluding hydrogens is 208 g/mol. The van der Waals surface area contributed by atoms with E-state index in [9.17, 15) is 4.79 Å². The van der Waals surface area contributed by atoms with Gasteiger partial charge in [-0.1, -0.05) is 11.2 Å². The Morgan fingerprint density at radius 1 is 1.62 bits per heavy atom. The number of likely N-dealkylation sites (N-methyl/N-ethyl adjacent to an activating group) is 1. The minimum Gasteiger partial charge on any atom is -0.463 e. The highest BCUT2D eigenvalue weighted by molar-refractivity contribution is 5.87. The molecule has 0 radical (unpaired) electrons. The zero-order valence-electron chi connectivity index (χ0n) is 9.40. The summed E-state index contributed by atoms with van der Waals surface area (Å²) in [4.78, 5) is 13.4. The van der Waals surface area contributed by atoms with Gasteiger partial charge in [0.05, 0.1) is 7.11 Å². The van der Waals surface area contributed by atoms with E-state index in [-0.39, 0.29) is 5.76 Å². The molecule has 1 aliphatic heterocycles. The molecule has 0 aromatic carbocycles. The topological polar surface area (TPSA) is 55.6 Å². The standard InChI is InChI=1S/C11H14N2O3/c1-13-5-3-4-8(7-13)9-6-10(16-12-9)11(14)15-2/h4,6H,3,5,7H2,1-2H3. The van der Waals surface area contributed by atoms with Crippen molar-refractivity contribution >= 4 is 11.5 Å². The first-order valence-corrected chi connectivity index (χ1v) is 5.13. The van der Waals surface area contributed by atoms with Crippen molar-refractivity contribution in [3.8, 4) is 0 Å². The molecule has 86 valence electrons. The molecule has 0 spiro atoms. The maximum Gasteiger partial charge on any atom is 0.376 e. The van der Waals surface area contributed by atoms with E-state index in [0.29, 0.717) is 5.69 Å². The monoisotopic (exact) mass is 222 g/mol. The fraction of sp³-hybridized carbons (Fsp3) is 0.455. The van der Waals surface area contributed by atoms with Gasteiger partial charge in [0.2, 0.25) is 5.76 Å². The first-order valence-electron chi connectivity index (χ1n) is 5.13. The summed E-state index contributed by atoms with van der Waals surface area (Å²) >= 11 is 0. The molecule has 5 heteroatoms. The average Bonchev–Trinajstić information content (AvgIpc) is 2.77. The van der Waals surface area contributed by atoms with Crippen LogP contribution in [0.2, 0.25) is 0 Å². The van der Waals surface area contributed by atoms with Crippen LogP contribution in [0.25, 0.3) is 5.57 Å². The van der Waals surface area contributed by atoms with Gasteiger partial charge >= 0.3 is 5.97 Å². The van der Waals surface area contributed by atoms with Crippen LogP contribution in [0.3, 0.4) is 0 Å². The first-order chi connectivity index (χ1) is 7.70. The Kier molecular flexibility index (Phi) is 3.05. The SMILES string of the molecule is COC(=O)c1cc(C2=CCCN(C)C2)no1. The lowest BCUT2D eigenvalue weighted by Crippen LogP contribution is -2.24. The van der Waals surface area contributed by atoms with E-state index < -0.39 is 5.97 Å². The average molecular weight is 222 g/mol. The molecule has 0 bridgehead atoms. The summed E-state index contributed by atoms with van der Waals surface area (Å²) < 4.78 is 9.48. The largest absolute Gasteiger partial charge is 0.463 e. The number of esters is 1. The lowest BCUT2D eigenvalue weighted by molar-refractivity contribution is 0.0554. The Bertz CT molecular complexity index is 423. The second kappa shape index (κ2) is 4.49. The number of carbonyl (C=O) groups is 1.